The Kier molecular flexibility index (Phi) is 8.35. The fraction of sp³-hybridized carbons (Fsp3) is 0.818. The largest absolute Gasteiger partial charge is 0.469 e. The van der Waals surface area contributed by atoms with Gasteiger partial charge >= 0.3 is 11.9 Å². The van der Waals surface area contributed by atoms with Gasteiger partial charge in [0.15, 0.2) is 6.79 Å². The van der Waals surface area contributed by atoms with Gasteiger partial charge in [0.2, 0.25) is 0 Å². The number of rotatable bonds is 8. The zero-order valence-corrected chi connectivity index (χ0v) is 10.7. The summed E-state index contributed by atoms with van der Waals surface area (Å²) in [6.07, 6.45) is 0. The van der Waals surface area contributed by atoms with Crippen LogP contribution in [0, 0.1) is 11.8 Å². The van der Waals surface area contributed by atoms with Gasteiger partial charge in [-0.25, -0.2) is 0 Å². The van der Waals surface area contributed by atoms with Crippen molar-refractivity contribution in [1.82, 2.24) is 0 Å². The van der Waals surface area contributed by atoms with Crippen molar-refractivity contribution in [2.24, 2.45) is 11.8 Å². The van der Waals surface area contributed by atoms with E-state index in [9.17, 15) is 9.59 Å². The third-order valence-electron chi connectivity index (χ3n) is 2.41. The number of esters is 2. The Balaban J connectivity index is 3.85. The number of hydrogen-bond donors (Lipinski definition) is 0. The quantitative estimate of drug-likeness (QED) is 0.356. The van der Waals surface area contributed by atoms with E-state index >= 15 is 0 Å². The zero-order chi connectivity index (χ0) is 13.3. The van der Waals surface area contributed by atoms with Crippen molar-refractivity contribution < 1.29 is 28.5 Å². The highest BCUT2D eigenvalue weighted by atomic mass is 16.7. The molecule has 2 unspecified atom stereocenters. The molecule has 0 heterocycles. The van der Waals surface area contributed by atoms with Gasteiger partial charge in [0.1, 0.15) is 0 Å². The molecule has 6 nitrogen and oxygen atoms in total. The third kappa shape index (κ3) is 6.23. The lowest BCUT2D eigenvalue weighted by Crippen LogP contribution is -2.28. The van der Waals surface area contributed by atoms with E-state index in [1.54, 1.807) is 21.0 Å². The van der Waals surface area contributed by atoms with Crippen LogP contribution in [0.15, 0.2) is 0 Å². The third-order valence-corrected chi connectivity index (χ3v) is 2.41. The number of hydrogen-bond acceptors (Lipinski definition) is 6. The molecular formula is C11H20O6. The van der Waals surface area contributed by atoms with Gasteiger partial charge in [0.25, 0.3) is 0 Å². The molecule has 0 fully saturated rings. The van der Waals surface area contributed by atoms with Gasteiger partial charge < -0.3 is 18.9 Å². The summed E-state index contributed by atoms with van der Waals surface area (Å²) in [7, 11) is 2.83. The molecule has 0 aromatic rings. The molecule has 0 radical (unpaired) electrons. The fourth-order valence-corrected chi connectivity index (χ4v) is 1.03. The molecule has 0 aromatic carbocycles. The predicted octanol–water partition coefficient (Wildman–Crippen LogP) is 0.595. The van der Waals surface area contributed by atoms with Gasteiger partial charge in [-0.2, -0.15) is 0 Å². The van der Waals surface area contributed by atoms with Crippen LogP contribution >= 0.6 is 0 Å². The van der Waals surface area contributed by atoms with Crippen LogP contribution in [0.2, 0.25) is 0 Å². The summed E-state index contributed by atoms with van der Waals surface area (Å²) in [6, 6.07) is 0. The van der Waals surface area contributed by atoms with Crippen LogP contribution in [0.1, 0.15) is 13.8 Å². The lowest BCUT2D eigenvalue weighted by atomic mass is 9.96. The highest BCUT2D eigenvalue weighted by Crippen LogP contribution is 2.14. The summed E-state index contributed by atoms with van der Waals surface area (Å²) in [5.74, 6) is -2.02. The van der Waals surface area contributed by atoms with E-state index in [-0.39, 0.29) is 6.79 Å². The van der Waals surface area contributed by atoms with Crippen LogP contribution in [0.3, 0.4) is 0 Å². The Labute approximate surface area is 101 Å². The lowest BCUT2D eigenvalue weighted by Gasteiger charge is -2.16. The van der Waals surface area contributed by atoms with Gasteiger partial charge in [-0.3, -0.25) is 9.59 Å². The van der Waals surface area contributed by atoms with Crippen LogP contribution in [0.25, 0.3) is 0 Å². The Hall–Kier alpha value is -1.14. The highest BCUT2D eigenvalue weighted by molar-refractivity contribution is 5.81. The van der Waals surface area contributed by atoms with Gasteiger partial charge in [-0.15, -0.1) is 0 Å². The molecule has 0 N–H and O–H groups in total. The van der Waals surface area contributed by atoms with Crippen molar-refractivity contribution >= 4 is 11.9 Å². The first-order chi connectivity index (χ1) is 8.04. The molecule has 0 bridgehead atoms. The maximum absolute atomic E-state index is 11.5. The summed E-state index contributed by atoms with van der Waals surface area (Å²) in [5.41, 5.74) is 0. The van der Waals surface area contributed by atoms with E-state index in [1.165, 1.54) is 7.11 Å². The zero-order valence-electron chi connectivity index (χ0n) is 10.7. The average Bonchev–Trinajstić information content (AvgIpc) is 2.35. The standard InChI is InChI=1S/C11H20O6/c1-8(10(12)15-4)9(2)11(13)17-7-16-6-5-14-3/h8-9H,5-7H2,1-4H3. The average molecular weight is 248 g/mol. The van der Waals surface area contributed by atoms with Crippen molar-refractivity contribution in [3.8, 4) is 0 Å². The molecular weight excluding hydrogens is 228 g/mol. The molecule has 0 saturated carbocycles. The minimum absolute atomic E-state index is 0.138. The molecule has 0 saturated heterocycles. The second-order valence-electron chi connectivity index (χ2n) is 3.58. The number of carbonyl (C=O) groups excluding carboxylic acids is 2. The van der Waals surface area contributed by atoms with E-state index < -0.39 is 23.8 Å². The molecule has 0 aliphatic rings. The first kappa shape index (κ1) is 15.9. The minimum atomic E-state index is -0.562. The van der Waals surface area contributed by atoms with Gasteiger partial charge in [-0.1, -0.05) is 13.8 Å². The van der Waals surface area contributed by atoms with Crippen LogP contribution in [0.4, 0.5) is 0 Å². The van der Waals surface area contributed by atoms with Crippen molar-refractivity contribution in [2.75, 3.05) is 34.2 Å². The molecule has 0 aromatic heterocycles. The van der Waals surface area contributed by atoms with Crippen LogP contribution in [-0.4, -0.2) is 46.2 Å². The minimum Gasteiger partial charge on any atom is -0.469 e. The van der Waals surface area contributed by atoms with Crippen LogP contribution in [0.5, 0.6) is 0 Å². The maximum atomic E-state index is 11.5. The van der Waals surface area contributed by atoms with Gasteiger partial charge in [-0.05, 0) is 0 Å². The SMILES string of the molecule is COCCOCOC(=O)C(C)C(C)C(=O)OC. The first-order valence-corrected chi connectivity index (χ1v) is 5.35. The van der Waals surface area contributed by atoms with Gasteiger partial charge in [0, 0.05) is 7.11 Å². The monoisotopic (exact) mass is 248 g/mol. The van der Waals surface area contributed by atoms with E-state index in [1.807, 2.05) is 0 Å². The topological polar surface area (TPSA) is 71.1 Å². The lowest BCUT2D eigenvalue weighted by molar-refractivity contribution is -0.167. The van der Waals surface area contributed by atoms with E-state index in [0.29, 0.717) is 13.2 Å². The summed E-state index contributed by atoms with van der Waals surface area (Å²) in [4.78, 5) is 22.7. The molecule has 0 aliphatic carbocycles. The number of carbonyl (C=O) groups is 2. The summed E-state index contributed by atoms with van der Waals surface area (Å²) < 4.78 is 19.1. The summed E-state index contributed by atoms with van der Waals surface area (Å²) in [6.45, 7) is 3.87. The molecule has 0 aliphatic heterocycles. The molecule has 0 spiro atoms. The number of ether oxygens (including phenoxy) is 4. The van der Waals surface area contributed by atoms with Crippen LogP contribution < -0.4 is 0 Å². The second kappa shape index (κ2) is 8.95. The van der Waals surface area contributed by atoms with E-state index in [2.05, 4.69) is 4.74 Å². The molecule has 2 atom stereocenters. The van der Waals surface area contributed by atoms with Crippen molar-refractivity contribution in [1.29, 1.82) is 0 Å². The van der Waals surface area contributed by atoms with Crippen LogP contribution in [-0.2, 0) is 28.5 Å². The molecule has 0 rings (SSSR count). The molecule has 17 heavy (non-hydrogen) atoms. The predicted molar refractivity (Wildman–Crippen MR) is 59.1 cm³/mol. The van der Waals surface area contributed by atoms with Gasteiger partial charge in [0.05, 0.1) is 32.2 Å². The van der Waals surface area contributed by atoms with E-state index in [0.717, 1.165) is 0 Å². The highest BCUT2D eigenvalue weighted by Gasteiger charge is 2.27. The Morgan fingerprint density at radius 3 is 2.12 bits per heavy atom. The smallest absolute Gasteiger partial charge is 0.311 e. The van der Waals surface area contributed by atoms with Crippen molar-refractivity contribution in [3.63, 3.8) is 0 Å². The first-order valence-electron chi connectivity index (χ1n) is 5.35. The summed E-state index contributed by atoms with van der Waals surface area (Å²) in [5, 5.41) is 0. The molecule has 100 valence electrons. The maximum Gasteiger partial charge on any atom is 0.311 e. The normalized spacial score (nSPS) is 13.9. The molecule has 0 amide bonds. The second-order valence-corrected chi connectivity index (χ2v) is 3.58. The van der Waals surface area contributed by atoms with Crippen molar-refractivity contribution in [2.45, 2.75) is 13.8 Å². The number of methoxy groups -OCH3 is 2. The Bertz CT molecular complexity index is 240. The van der Waals surface area contributed by atoms with Crippen molar-refractivity contribution in [3.05, 3.63) is 0 Å². The Morgan fingerprint density at radius 2 is 1.59 bits per heavy atom. The fourth-order valence-electron chi connectivity index (χ4n) is 1.03. The van der Waals surface area contributed by atoms with E-state index in [4.69, 9.17) is 14.2 Å². The molecule has 6 heteroatoms. The Morgan fingerprint density at radius 1 is 1.00 bits per heavy atom. The summed E-state index contributed by atoms with van der Waals surface area (Å²) >= 11 is 0.